The quantitative estimate of drug-likeness (QED) is 0.862. The van der Waals surface area contributed by atoms with Crippen molar-refractivity contribution in [1.82, 2.24) is 10.6 Å². The predicted molar refractivity (Wildman–Crippen MR) is 75.3 cm³/mol. The van der Waals surface area contributed by atoms with Crippen molar-refractivity contribution in [3.05, 3.63) is 29.3 Å². The molecule has 3 heteroatoms. The zero-order valence-electron chi connectivity index (χ0n) is 11.8. The van der Waals surface area contributed by atoms with Gasteiger partial charge in [0, 0.05) is 24.7 Å². The Kier molecular flexibility index (Phi) is 4.25. The summed E-state index contributed by atoms with van der Waals surface area (Å²) in [6.45, 7) is 8.70. The number of ether oxygens (including phenoxy) is 1. The van der Waals surface area contributed by atoms with Gasteiger partial charge in [-0.15, -0.1) is 0 Å². The molecule has 2 N–H and O–H groups in total. The average molecular weight is 248 g/mol. The second-order valence-electron chi connectivity index (χ2n) is 5.33. The third kappa shape index (κ3) is 2.68. The van der Waals surface area contributed by atoms with Gasteiger partial charge in [-0.1, -0.05) is 26.0 Å². The van der Waals surface area contributed by atoms with E-state index in [1.54, 1.807) is 7.11 Å². The molecule has 0 saturated carbocycles. The van der Waals surface area contributed by atoms with Gasteiger partial charge >= 0.3 is 0 Å². The second kappa shape index (κ2) is 5.72. The Morgan fingerprint density at radius 1 is 1.22 bits per heavy atom. The number of nitrogens with one attached hydrogen (secondary N) is 2. The van der Waals surface area contributed by atoms with Crippen molar-refractivity contribution in [2.75, 3.05) is 20.2 Å². The van der Waals surface area contributed by atoms with Gasteiger partial charge in [-0.05, 0) is 24.5 Å². The second-order valence-corrected chi connectivity index (χ2v) is 5.33. The summed E-state index contributed by atoms with van der Waals surface area (Å²) in [7, 11) is 1.74. The fourth-order valence-corrected chi connectivity index (χ4v) is 2.56. The van der Waals surface area contributed by atoms with E-state index < -0.39 is 0 Å². The molecule has 3 nitrogen and oxygen atoms in total. The van der Waals surface area contributed by atoms with Crippen LogP contribution in [0.2, 0.25) is 0 Å². The lowest BCUT2D eigenvalue weighted by atomic mass is 9.93. The lowest BCUT2D eigenvalue weighted by Gasteiger charge is -2.32. The minimum Gasteiger partial charge on any atom is -0.496 e. The molecule has 18 heavy (non-hydrogen) atoms. The summed E-state index contributed by atoms with van der Waals surface area (Å²) in [5.41, 5.74) is 2.63. The van der Waals surface area contributed by atoms with Gasteiger partial charge in [-0.3, -0.25) is 0 Å². The smallest absolute Gasteiger partial charge is 0.123 e. The Morgan fingerprint density at radius 3 is 2.56 bits per heavy atom. The Hall–Kier alpha value is -1.06. The highest BCUT2D eigenvalue weighted by Gasteiger charge is 2.25. The van der Waals surface area contributed by atoms with Gasteiger partial charge in [0.15, 0.2) is 0 Å². The van der Waals surface area contributed by atoms with Gasteiger partial charge < -0.3 is 15.4 Å². The summed E-state index contributed by atoms with van der Waals surface area (Å²) in [6, 6.07) is 7.29. The molecule has 1 fully saturated rings. The van der Waals surface area contributed by atoms with Crippen LogP contribution in [0.25, 0.3) is 0 Å². The molecule has 1 aliphatic rings. The molecule has 1 aromatic rings. The molecular weight excluding hydrogens is 224 g/mol. The number of piperazine rings is 1. The van der Waals surface area contributed by atoms with E-state index in [2.05, 4.69) is 49.6 Å². The molecule has 0 radical (unpaired) electrons. The molecule has 1 aromatic carbocycles. The minimum atomic E-state index is 0.326. The van der Waals surface area contributed by atoms with Crippen molar-refractivity contribution in [1.29, 1.82) is 0 Å². The van der Waals surface area contributed by atoms with Gasteiger partial charge in [-0.25, -0.2) is 0 Å². The van der Waals surface area contributed by atoms with Crippen LogP contribution in [0.3, 0.4) is 0 Å². The van der Waals surface area contributed by atoms with Crippen LogP contribution in [0, 0.1) is 0 Å². The Bertz CT molecular complexity index is 403. The molecule has 1 heterocycles. The number of methoxy groups -OCH3 is 1. The summed E-state index contributed by atoms with van der Waals surface area (Å²) in [5, 5.41) is 7.10. The molecule has 0 amide bonds. The summed E-state index contributed by atoms with van der Waals surface area (Å²) in [5.74, 6) is 1.52. The number of benzene rings is 1. The SMILES string of the molecule is COc1ccc(C(C)C)cc1C1NCCNC1C. The van der Waals surface area contributed by atoms with Crippen molar-refractivity contribution in [3.63, 3.8) is 0 Å². The van der Waals surface area contributed by atoms with Crippen LogP contribution < -0.4 is 15.4 Å². The first-order valence-corrected chi connectivity index (χ1v) is 6.78. The van der Waals surface area contributed by atoms with E-state index >= 15 is 0 Å². The molecular formula is C15H24N2O. The number of rotatable bonds is 3. The van der Waals surface area contributed by atoms with Gasteiger partial charge in [0.1, 0.15) is 5.75 Å². The zero-order chi connectivity index (χ0) is 13.1. The third-order valence-corrected chi connectivity index (χ3v) is 3.71. The fourth-order valence-electron chi connectivity index (χ4n) is 2.56. The standard InChI is InChI=1S/C15H24N2O/c1-10(2)12-5-6-14(18-4)13(9-12)15-11(3)16-7-8-17-15/h5-6,9-11,15-17H,7-8H2,1-4H3. The van der Waals surface area contributed by atoms with E-state index in [0.717, 1.165) is 18.8 Å². The lowest BCUT2D eigenvalue weighted by molar-refractivity contribution is 0.330. The highest BCUT2D eigenvalue weighted by molar-refractivity contribution is 5.41. The molecule has 0 aromatic heterocycles. The van der Waals surface area contributed by atoms with E-state index in [1.807, 2.05) is 0 Å². The molecule has 100 valence electrons. The van der Waals surface area contributed by atoms with E-state index in [-0.39, 0.29) is 0 Å². The predicted octanol–water partition coefficient (Wildman–Crippen LogP) is 2.44. The molecule has 2 rings (SSSR count). The third-order valence-electron chi connectivity index (χ3n) is 3.71. The Morgan fingerprint density at radius 2 is 1.94 bits per heavy atom. The van der Waals surface area contributed by atoms with Crippen LogP contribution in [0.1, 0.15) is 43.9 Å². The average Bonchev–Trinajstić information content (AvgIpc) is 2.38. The van der Waals surface area contributed by atoms with Crippen molar-refractivity contribution in [2.45, 2.75) is 38.8 Å². The van der Waals surface area contributed by atoms with Gasteiger partial charge in [0.05, 0.1) is 13.2 Å². The van der Waals surface area contributed by atoms with Gasteiger partial charge in [0.25, 0.3) is 0 Å². The van der Waals surface area contributed by atoms with E-state index in [9.17, 15) is 0 Å². The van der Waals surface area contributed by atoms with E-state index in [1.165, 1.54) is 11.1 Å². The zero-order valence-corrected chi connectivity index (χ0v) is 11.8. The van der Waals surface area contributed by atoms with Crippen molar-refractivity contribution in [3.8, 4) is 5.75 Å². The first kappa shape index (κ1) is 13.4. The number of hydrogen-bond acceptors (Lipinski definition) is 3. The maximum atomic E-state index is 5.51. The normalized spacial score (nSPS) is 24.3. The fraction of sp³-hybridized carbons (Fsp3) is 0.600. The maximum Gasteiger partial charge on any atom is 0.123 e. The molecule has 2 unspecified atom stereocenters. The first-order chi connectivity index (χ1) is 8.63. The summed E-state index contributed by atoms with van der Waals surface area (Å²) >= 11 is 0. The summed E-state index contributed by atoms with van der Waals surface area (Å²) in [4.78, 5) is 0. The van der Waals surface area contributed by atoms with Crippen molar-refractivity contribution >= 4 is 0 Å². The van der Waals surface area contributed by atoms with E-state index in [4.69, 9.17) is 4.74 Å². The number of hydrogen-bond donors (Lipinski definition) is 2. The molecule has 1 aliphatic heterocycles. The van der Waals surface area contributed by atoms with Gasteiger partial charge in [-0.2, -0.15) is 0 Å². The molecule has 0 bridgehead atoms. The molecule has 1 saturated heterocycles. The Balaban J connectivity index is 2.36. The lowest BCUT2D eigenvalue weighted by Crippen LogP contribution is -2.49. The van der Waals surface area contributed by atoms with Crippen molar-refractivity contribution in [2.24, 2.45) is 0 Å². The highest BCUT2D eigenvalue weighted by Crippen LogP contribution is 2.31. The summed E-state index contributed by atoms with van der Waals surface area (Å²) in [6.07, 6.45) is 0. The molecule has 0 spiro atoms. The van der Waals surface area contributed by atoms with Crippen LogP contribution in [0.4, 0.5) is 0 Å². The van der Waals surface area contributed by atoms with Crippen LogP contribution in [0.15, 0.2) is 18.2 Å². The van der Waals surface area contributed by atoms with Crippen LogP contribution in [0.5, 0.6) is 5.75 Å². The van der Waals surface area contributed by atoms with Crippen LogP contribution in [-0.2, 0) is 0 Å². The monoisotopic (exact) mass is 248 g/mol. The maximum absolute atomic E-state index is 5.51. The topological polar surface area (TPSA) is 33.3 Å². The van der Waals surface area contributed by atoms with Gasteiger partial charge in [0.2, 0.25) is 0 Å². The van der Waals surface area contributed by atoms with Crippen LogP contribution >= 0.6 is 0 Å². The minimum absolute atomic E-state index is 0.326. The highest BCUT2D eigenvalue weighted by atomic mass is 16.5. The van der Waals surface area contributed by atoms with E-state index in [0.29, 0.717) is 18.0 Å². The molecule has 2 atom stereocenters. The first-order valence-electron chi connectivity index (χ1n) is 6.78. The largest absolute Gasteiger partial charge is 0.496 e. The Labute approximate surface area is 110 Å². The summed E-state index contributed by atoms with van der Waals surface area (Å²) < 4.78 is 5.51. The van der Waals surface area contributed by atoms with Crippen LogP contribution in [-0.4, -0.2) is 26.2 Å². The van der Waals surface area contributed by atoms with Crippen molar-refractivity contribution < 1.29 is 4.74 Å². The molecule has 0 aliphatic carbocycles.